The van der Waals surface area contributed by atoms with Crippen molar-refractivity contribution in [2.45, 2.75) is 25.7 Å². The first-order valence-electron chi connectivity index (χ1n) is 5.59. The Kier molecular flexibility index (Phi) is 3.49. The van der Waals surface area contributed by atoms with E-state index in [0.717, 1.165) is 12.8 Å². The molecule has 1 heterocycles. The molecule has 0 aliphatic heterocycles. The summed E-state index contributed by atoms with van der Waals surface area (Å²) in [6, 6.07) is 1.66. The largest absolute Gasteiger partial charge is 0.350 e. The molecular weight excluding hydrogens is 226 g/mol. The van der Waals surface area contributed by atoms with E-state index in [0.29, 0.717) is 18.1 Å². The first-order valence-corrected chi connectivity index (χ1v) is 6.13. The smallest absolute Gasteiger partial charge is 0.269 e. The Bertz CT molecular complexity index is 344. The van der Waals surface area contributed by atoms with Crippen LogP contribution in [0.15, 0.2) is 12.3 Å². The van der Waals surface area contributed by atoms with Crippen LogP contribution in [-0.4, -0.2) is 28.5 Å². The number of hydrogen-bond acceptors (Lipinski definition) is 2. The van der Waals surface area contributed by atoms with Crippen LogP contribution >= 0.6 is 11.6 Å². The first-order chi connectivity index (χ1) is 7.76. The van der Waals surface area contributed by atoms with Crippen LogP contribution in [0.2, 0.25) is 0 Å². The number of halogens is 1. The molecular formula is C11H16ClN3O. The third-order valence-electron chi connectivity index (χ3n) is 3.32. The molecule has 2 rings (SSSR count). The number of alkyl halides is 1. The quantitative estimate of drug-likeness (QED) is 0.792. The van der Waals surface area contributed by atoms with E-state index in [4.69, 9.17) is 11.6 Å². The second-order valence-electron chi connectivity index (χ2n) is 4.49. The highest BCUT2D eigenvalue weighted by atomic mass is 35.5. The average Bonchev–Trinajstić information content (AvgIpc) is 2.98. The van der Waals surface area contributed by atoms with E-state index in [1.807, 2.05) is 0 Å². The molecule has 0 radical (unpaired) electrons. The summed E-state index contributed by atoms with van der Waals surface area (Å²) < 4.78 is 0. The first kappa shape index (κ1) is 11.5. The lowest BCUT2D eigenvalue weighted by molar-refractivity contribution is 0.0930. The number of aromatic amines is 1. The van der Waals surface area contributed by atoms with Gasteiger partial charge in [-0.25, -0.2) is 0 Å². The van der Waals surface area contributed by atoms with Crippen molar-refractivity contribution in [2.75, 3.05) is 12.4 Å². The SMILES string of the molecule is O=C(NCC1(CCl)CCCC1)c1ccn[nH]1. The van der Waals surface area contributed by atoms with Gasteiger partial charge in [0.25, 0.3) is 5.91 Å². The highest BCUT2D eigenvalue weighted by molar-refractivity contribution is 6.18. The fourth-order valence-electron chi connectivity index (χ4n) is 2.23. The van der Waals surface area contributed by atoms with Gasteiger partial charge in [-0.3, -0.25) is 9.89 Å². The van der Waals surface area contributed by atoms with Gasteiger partial charge in [-0.05, 0) is 18.9 Å². The zero-order chi connectivity index (χ0) is 11.4. The maximum absolute atomic E-state index is 11.7. The number of nitrogens with zero attached hydrogens (tertiary/aromatic N) is 1. The number of rotatable bonds is 4. The fraction of sp³-hybridized carbons (Fsp3) is 0.636. The van der Waals surface area contributed by atoms with Crippen LogP contribution in [0.25, 0.3) is 0 Å². The predicted molar refractivity (Wildman–Crippen MR) is 62.5 cm³/mol. The van der Waals surface area contributed by atoms with Crippen LogP contribution in [0, 0.1) is 5.41 Å². The number of H-pyrrole nitrogens is 1. The molecule has 1 aliphatic carbocycles. The van der Waals surface area contributed by atoms with Crippen LogP contribution in [0.5, 0.6) is 0 Å². The van der Waals surface area contributed by atoms with E-state index >= 15 is 0 Å². The lowest BCUT2D eigenvalue weighted by Crippen LogP contribution is -2.37. The topological polar surface area (TPSA) is 57.8 Å². The van der Waals surface area contributed by atoms with E-state index in [1.165, 1.54) is 12.8 Å². The average molecular weight is 242 g/mol. The van der Waals surface area contributed by atoms with Crippen LogP contribution in [0.1, 0.15) is 36.2 Å². The Balaban J connectivity index is 1.89. The standard InChI is InChI=1S/C11H16ClN3O/c12-7-11(4-1-2-5-11)8-13-10(16)9-3-6-14-15-9/h3,6H,1-2,4-5,7-8H2,(H,13,16)(H,14,15). The molecule has 0 unspecified atom stereocenters. The van der Waals surface area contributed by atoms with Gasteiger partial charge in [0.1, 0.15) is 5.69 Å². The van der Waals surface area contributed by atoms with Crippen molar-refractivity contribution in [3.8, 4) is 0 Å². The van der Waals surface area contributed by atoms with Crippen molar-refractivity contribution >= 4 is 17.5 Å². The van der Waals surface area contributed by atoms with Gasteiger partial charge in [-0.1, -0.05) is 12.8 Å². The third-order valence-corrected chi connectivity index (χ3v) is 3.88. The van der Waals surface area contributed by atoms with E-state index in [-0.39, 0.29) is 11.3 Å². The summed E-state index contributed by atoms with van der Waals surface area (Å²) in [6.07, 6.45) is 6.22. The molecule has 1 aromatic heterocycles. The molecule has 1 fully saturated rings. The summed E-state index contributed by atoms with van der Waals surface area (Å²) in [4.78, 5) is 11.7. The molecule has 1 aromatic rings. The van der Waals surface area contributed by atoms with Crippen LogP contribution in [-0.2, 0) is 0 Å². The molecule has 16 heavy (non-hydrogen) atoms. The Morgan fingerprint density at radius 3 is 2.88 bits per heavy atom. The zero-order valence-corrected chi connectivity index (χ0v) is 9.89. The highest BCUT2D eigenvalue weighted by Gasteiger charge is 2.33. The molecule has 88 valence electrons. The number of amides is 1. The predicted octanol–water partition coefficient (Wildman–Crippen LogP) is 1.94. The van der Waals surface area contributed by atoms with Crippen molar-refractivity contribution < 1.29 is 4.79 Å². The van der Waals surface area contributed by atoms with Crippen LogP contribution < -0.4 is 5.32 Å². The zero-order valence-electron chi connectivity index (χ0n) is 9.13. The number of nitrogens with one attached hydrogen (secondary N) is 2. The van der Waals surface area contributed by atoms with Gasteiger partial charge >= 0.3 is 0 Å². The van der Waals surface area contributed by atoms with Crippen molar-refractivity contribution in [1.29, 1.82) is 0 Å². The van der Waals surface area contributed by atoms with Crippen molar-refractivity contribution in [2.24, 2.45) is 5.41 Å². The third kappa shape index (κ3) is 2.38. The molecule has 5 heteroatoms. The van der Waals surface area contributed by atoms with Crippen molar-refractivity contribution in [3.05, 3.63) is 18.0 Å². The number of hydrogen-bond donors (Lipinski definition) is 2. The van der Waals surface area contributed by atoms with E-state index in [2.05, 4.69) is 15.5 Å². The molecule has 0 aromatic carbocycles. The minimum Gasteiger partial charge on any atom is -0.350 e. The van der Waals surface area contributed by atoms with Gasteiger partial charge in [0.15, 0.2) is 0 Å². The van der Waals surface area contributed by atoms with Gasteiger partial charge in [-0.15, -0.1) is 11.6 Å². The van der Waals surface area contributed by atoms with E-state index in [9.17, 15) is 4.79 Å². The van der Waals surface area contributed by atoms with Crippen LogP contribution in [0.4, 0.5) is 0 Å². The Hall–Kier alpha value is -1.03. The summed E-state index contributed by atoms with van der Waals surface area (Å²) in [5.41, 5.74) is 0.611. The fourth-order valence-corrected chi connectivity index (χ4v) is 2.59. The second-order valence-corrected chi connectivity index (χ2v) is 4.76. The molecule has 0 atom stereocenters. The number of aromatic nitrogens is 2. The Labute approximate surface area is 99.8 Å². The molecule has 0 bridgehead atoms. The molecule has 0 saturated heterocycles. The van der Waals surface area contributed by atoms with Crippen molar-refractivity contribution in [3.63, 3.8) is 0 Å². The van der Waals surface area contributed by atoms with Crippen molar-refractivity contribution in [1.82, 2.24) is 15.5 Å². The summed E-state index contributed by atoms with van der Waals surface area (Å²) in [6.45, 7) is 0.661. The minimum atomic E-state index is -0.103. The Morgan fingerprint density at radius 2 is 2.31 bits per heavy atom. The monoisotopic (exact) mass is 241 g/mol. The highest BCUT2D eigenvalue weighted by Crippen LogP contribution is 2.38. The van der Waals surface area contributed by atoms with E-state index in [1.54, 1.807) is 12.3 Å². The lowest BCUT2D eigenvalue weighted by atomic mass is 9.88. The summed E-state index contributed by atoms with van der Waals surface area (Å²) >= 11 is 6.00. The lowest BCUT2D eigenvalue weighted by Gasteiger charge is -2.26. The maximum Gasteiger partial charge on any atom is 0.269 e. The van der Waals surface area contributed by atoms with Gasteiger partial charge in [0, 0.05) is 24.0 Å². The second kappa shape index (κ2) is 4.87. The number of carbonyl (C=O) groups excluding carboxylic acids is 1. The normalized spacial score (nSPS) is 18.6. The van der Waals surface area contributed by atoms with Gasteiger partial charge < -0.3 is 5.32 Å². The van der Waals surface area contributed by atoms with E-state index < -0.39 is 0 Å². The maximum atomic E-state index is 11.7. The van der Waals surface area contributed by atoms with Gasteiger partial charge in [0.05, 0.1) is 0 Å². The minimum absolute atomic E-state index is 0.103. The Morgan fingerprint density at radius 1 is 1.56 bits per heavy atom. The van der Waals surface area contributed by atoms with Crippen LogP contribution in [0.3, 0.4) is 0 Å². The summed E-state index contributed by atoms with van der Waals surface area (Å²) in [5, 5.41) is 9.32. The van der Waals surface area contributed by atoms with Gasteiger partial charge in [-0.2, -0.15) is 5.10 Å². The van der Waals surface area contributed by atoms with Gasteiger partial charge in [0.2, 0.25) is 0 Å². The summed E-state index contributed by atoms with van der Waals surface area (Å²) in [7, 11) is 0. The molecule has 1 aliphatic rings. The number of carbonyl (C=O) groups is 1. The summed E-state index contributed by atoms with van der Waals surface area (Å²) in [5.74, 6) is 0.518. The molecule has 4 nitrogen and oxygen atoms in total. The molecule has 0 spiro atoms. The molecule has 1 amide bonds. The molecule has 2 N–H and O–H groups in total. The molecule has 1 saturated carbocycles.